The number of nitrogens with zero attached hydrogens (tertiary/aromatic N) is 2. The number of fused-ring (bicyclic) bond motifs is 1. The SMILES string of the molecule is Cc1cc(NC(=O)Nc2cccc3ccccc23)nn1C. The molecule has 0 atom stereocenters. The van der Waals surface area contributed by atoms with Gasteiger partial charge in [-0.15, -0.1) is 0 Å². The number of carbonyl (C=O) groups excluding carboxylic acids is 1. The number of anilines is 2. The number of rotatable bonds is 2. The molecule has 0 aliphatic carbocycles. The zero-order valence-corrected chi connectivity index (χ0v) is 11.9. The van der Waals surface area contributed by atoms with Gasteiger partial charge < -0.3 is 5.32 Å². The number of benzene rings is 2. The van der Waals surface area contributed by atoms with Crippen molar-refractivity contribution >= 4 is 28.3 Å². The highest BCUT2D eigenvalue weighted by Crippen LogP contribution is 2.23. The molecule has 0 spiro atoms. The van der Waals surface area contributed by atoms with E-state index >= 15 is 0 Å². The van der Waals surface area contributed by atoms with Crippen LogP contribution in [0.4, 0.5) is 16.3 Å². The lowest BCUT2D eigenvalue weighted by Crippen LogP contribution is -2.19. The minimum absolute atomic E-state index is 0.301. The number of hydrogen-bond acceptors (Lipinski definition) is 2. The molecule has 1 aromatic heterocycles. The van der Waals surface area contributed by atoms with Crippen LogP contribution in [0.2, 0.25) is 0 Å². The van der Waals surface area contributed by atoms with E-state index in [-0.39, 0.29) is 6.03 Å². The molecule has 2 N–H and O–H groups in total. The summed E-state index contributed by atoms with van der Waals surface area (Å²) in [4.78, 5) is 12.1. The normalized spacial score (nSPS) is 10.6. The predicted molar refractivity (Wildman–Crippen MR) is 84.5 cm³/mol. The minimum atomic E-state index is -0.301. The van der Waals surface area contributed by atoms with E-state index in [0.29, 0.717) is 5.82 Å². The van der Waals surface area contributed by atoms with Crippen LogP contribution in [-0.4, -0.2) is 15.8 Å². The highest BCUT2D eigenvalue weighted by atomic mass is 16.2. The van der Waals surface area contributed by atoms with Crippen molar-refractivity contribution in [2.45, 2.75) is 6.92 Å². The average molecular weight is 280 g/mol. The Morgan fingerprint density at radius 3 is 2.62 bits per heavy atom. The number of urea groups is 1. The lowest BCUT2D eigenvalue weighted by molar-refractivity contribution is 0.262. The number of amides is 2. The predicted octanol–water partition coefficient (Wildman–Crippen LogP) is 3.53. The first-order valence-corrected chi connectivity index (χ1v) is 6.70. The molecule has 0 bridgehead atoms. The standard InChI is InChI=1S/C16H16N4O/c1-11-10-15(19-20(11)2)18-16(21)17-14-9-5-7-12-6-3-4-8-13(12)14/h3-10H,1-2H3,(H2,17,18,19,21). The van der Waals surface area contributed by atoms with E-state index in [1.165, 1.54) is 0 Å². The molecular weight excluding hydrogens is 264 g/mol. The summed E-state index contributed by atoms with van der Waals surface area (Å²) in [5.41, 5.74) is 1.76. The lowest BCUT2D eigenvalue weighted by Gasteiger charge is -2.08. The van der Waals surface area contributed by atoms with Gasteiger partial charge in [0.25, 0.3) is 0 Å². The summed E-state index contributed by atoms with van der Waals surface area (Å²) in [6.07, 6.45) is 0. The summed E-state index contributed by atoms with van der Waals surface area (Å²) in [6.45, 7) is 1.93. The molecule has 3 aromatic rings. The Morgan fingerprint density at radius 2 is 1.86 bits per heavy atom. The fourth-order valence-corrected chi connectivity index (χ4v) is 2.23. The first kappa shape index (κ1) is 13.2. The molecule has 106 valence electrons. The van der Waals surface area contributed by atoms with Crippen molar-refractivity contribution in [3.05, 3.63) is 54.2 Å². The van der Waals surface area contributed by atoms with Gasteiger partial charge in [0.05, 0.1) is 5.69 Å². The van der Waals surface area contributed by atoms with Crippen molar-refractivity contribution in [2.24, 2.45) is 7.05 Å². The van der Waals surface area contributed by atoms with E-state index in [4.69, 9.17) is 0 Å². The number of hydrogen-bond donors (Lipinski definition) is 2. The Balaban J connectivity index is 1.80. The maximum Gasteiger partial charge on any atom is 0.324 e. The molecule has 1 heterocycles. The summed E-state index contributed by atoms with van der Waals surface area (Å²) < 4.78 is 1.72. The lowest BCUT2D eigenvalue weighted by atomic mass is 10.1. The summed E-state index contributed by atoms with van der Waals surface area (Å²) >= 11 is 0. The van der Waals surface area contributed by atoms with Gasteiger partial charge in [0.15, 0.2) is 5.82 Å². The molecule has 0 aliphatic heterocycles. The van der Waals surface area contributed by atoms with Crippen molar-refractivity contribution in [3.8, 4) is 0 Å². The van der Waals surface area contributed by atoms with Crippen LogP contribution < -0.4 is 10.6 Å². The highest BCUT2D eigenvalue weighted by molar-refractivity contribution is 6.05. The maximum absolute atomic E-state index is 12.1. The number of aromatic nitrogens is 2. The van der Waals surface area contributed by atoms with E-state index < -0.39 is 0 Å². The molecule has 3 rings (SSSR count). The van der Waals surface area contributed by atoms with Crippen LogP contribution in [0.25, 0.3) is 10.8 Å². The van der Waals surface area contributed by atoms with Crippen molar-refractivity contribution < 1.29 is 4.79 Å². The highest BCUT2D eigenvalue weighted by Gasteiger charge is 2.08. The quantitative estimate of drug-likeness (QED) is 0.754. The Bertz CT molecular complexity index is 782. The number of aryl methyl sites for hydroxylation is 2. The summed E-state index contributed by atoms with van der Waals surface area (Å²) in [5, 5.41) is 11.9. The molecule has 2 amide bonds. The van der Waals surface area contributed by atoms with Gasteiger partial charge in [-0.25, -0.2) is 4.79 Å². The zero-order chi connectivity index (χ0) is 14.8. The van der Waals surface area contributed by atoms with Crippen LogP contribution in [0.3, 0.4) is 0 Å². The van der Waals surface area contributed by atoms with E-state index in [0.717, 1.165) is 22.2 Å². The van der Waals surface area contributed by atoms with Gasteiger partial charge in [-0.2, -0.15) is 5.10 Å². The average Bonchev–Trinajstić information content (AvgIpc) is 2.77. The Kier molecular flexibility index (Phi) is 3.31. The van der Waals surface area contributed by atoms with Gasteiger partial charge in [0, 0.05) is 24.2 Å². The minimum Gasteiger partial charge on any atom is -0.307 e. The maximum atomic E-state index is 12.1. The molecule has 5 nitrogen and oxygen atoms in total. The first-order valence-electron chi connectivity index (χ1n) is 6.70. The van der Waals surface area contributed by atoms with Crippen LogP contribution in [0, 0.1) is 6.92 Å². The molecule has 0 radical (unpaired) electrons. The Hall–Kier alpha value is -2.82. The molecule has 21 heavy (non-hydrogen) atoms. The second kappa shape index (κ2) is 5.28. The van der Waals surface area contributed by atoms with Gasteiger partial charge in [-0.1, -0.05) is 36.4 Å². The van der Waals surface area contributed by atoms with Crippen molar-refractivity contribution in [3.63, 3.8) is 0 Å². The molecule has 0 saturated heterocycles. The molecule has 2 aromatic carbocycles. The van der Waals surface area contributed by atoms with Crippen molar-refractivity contribution in [1.82, 2.24) is 9.78 Å². The fraction of sp³-hybridized carbons (Fsp3) is 0.125. The van der Waals surface area contributed by atoms with E-state index in [2.05, 4.69) is 15.7 Å². The van der Waals surface area contributed by atoms with Gasteiger partial charge in [0.1, 0.15) is 0 Å². The third-order valence-corrected chi connectivity index (χ3v) is 3.39. The number of nitrogens with one attached hydrogen (secondary N) is 2. The van der Waals surface area contributed by atoms with Gasteiger partial charge in [0.2, 0.25) is 0 Å². The zero-order valence-electron chi connectivity index (χ0n) is 11.9. The molecule has 0 unspecified atom stereocenters. The third-order valence-electron chi connectivity index (χ3n) is 3.39. The van der Waals surface area contributed by atoms with Crippen LogP contribution in [0.1, 0.15) is 5.69 Å². The van der Waals surface area contributed by atoms with Gasteiger partial charge >= 0.3 is 6.03 Å². The largest absolute Gasteiger partial charge is 0.324 e. The summed E-state index contributed by atoms with van der Waals surface area (Å²) in [7, 11) is 1.84. The van der Waals surface area contributed by atoms with Crippen molar-refractivity contribution in [2.75, 3.05) is 10.6 Å². The van der Waals surface area contributed by atoms with Crippen LogP contribution in [0.15, 0.2) is 48.5 Å². The molecule has 5 heteroatoms. The Morgan fingerprint density at radius 1 is 1.10 bits per heavy atom. The molecule has 0 saturated carbocycles. The number of carbonyl (C=O) groups is 1. The van der Waals surface area contributed by atoms with Crippen LogP contribution in [-0.2, 0) is 7.05 Å². The summed E-state index contributed by atoms with van der Waals surface area (Å²) in [6, 6.07) is 15.3. The van der Waals surface area contributed by atoms with Gasteiger partial charge in [-0.05, 0) is 18.4 Å². The second-order valence-electron chi connectivity index (χ2n) is 4.90. The van der Waals surface area contributed by atoms with E-state index in [9.17, 15) is 4.79 Å². The third kappa shape index (κ3) is 2.72. The molecule has 0 aliphatic rings. The smallest absolute Gasteiger partial charge is 0.307 e. The summed E-state index contributed by atoms with van der Waals surface area (Å²) in [5.74, 6) is 0.535. The van der Waals surface area contributed by atoms with Gasteiger partial charge in [-0.3, -0.25) is 10.00 Å². The van der Waals surface area contributed by atoms with E-state index in [1.807, 2.05) is 62.5 Å². The molecular formula is C16H16N4O. The Labute approximate surface area is 122 Å². The van der Waals surface area contributed by atoms with Crippen LogP contribution in [0.5, 0.6) is 0 Å². The first-order chi connectivity index (χ1) is 10.1. The van der Waals surface area contributed by atoms with Crippen molar-refractivity contribution in [1.29, 1.82) is 0 Å². The second-order valence-corrected chi connectivity index (χ2v) is 4.90. The van der Waals surface area contributed by atoms with Crippen LogP contribution >= 0.6 is 0 Å². The topological polar surface area (TPSA) is 59.0 Å². The fourth-order valence-electron chi connectivity index (χ4n) is 2.23. The molecule has 0 fully saturated rings. The monoisotopic (exact) mass is 280 g/mol. The van der Waals surface area contributed by atoms with E-state index in [1.54, 1.807) is 4.68 Å².